The van der Waals surface area contributed by atoms with E-state index in [1.54, 1.807) is 0 Å². The van der Waals surface area contributed by atoms with Gasteiger partial charge in [-0.05, 0) is 6.42 Å². The van der Waals surface area contributed by atoms with Gasteiger partial charge in [-0.3, -0.25) is 43.2 Å². The molecule has 0 bridgehead atoms. The molecule has 1 unspecified atom stereocenters. The zero-order valence-corrected chi connectivity index (χ0v) is 50.5. The maximum absolute atomic E-state index is 12.6. The van der Waals surface area contributed by atoms with Gasteiger partial charge in [0, 0.05) is 68.9 Å². The average molecular weight is 1200 g/mol. The second-order valence-electron chi connectivity index (χ2n) is 20.5. The molecule has 2 rings (SSSR count). The zero-order chi connectivity index (χ0) is 61.6. The first-order valence-electron chi connectivity index (χ1n) is 28.9. The molecule has 26 heteroatoms. The van der Waals surface area contributed by atoms with Crippen LogP contribution in [0.4, 0.5) is 0 Å². The number of unbranched alkanes of at least 4 members (excludes halogenated alkanes) is 13. The van der Waals surface area contributed by atoms with E-state index in [4.69, 9.17) is 80.5 Å². The third-order valence-electron chi connectivity index (χ3n) is 12.7. The molecule has 0 radical (unpaired) electrons. The van der Waals surface area contributed by atoms with Crippen molar-refractivity contribution >= 4 is 53.7 Å². The lowest BCUT2D eigenvalue weighted by atomic mass is 9.91. The van der Waals surface area contributed by atoms with Gasteiger partial charge in [-0.2, -0.15) is 0 Å². The number of esters is 9. The summed E-state index contributed by atoms with van der Waals surface area (Å²) in [4.78, 5) is 110. The van der Waals surface area contributed by atoms with Crippen molar-refractivity contribution in [3.05, 3.63) is 0 Å². The summed E-state index contributed by atoms with van der Waals surface area (Å²) in [5.74, 6) is -6.75. The van der Waals surface area contributed by atoms with Crippen LogP contribution in [0.3, 0.4) is 0 Å². The largest absolute Gasteiger partial charge is 0.465 e. The monoisotopic (exact) mass is 1190 g/mol. The van der Waals surface area contributed by atoms with Crippen molar-refractivity contribution in [3.63, 3.8) is 0 Å². The molecule has 0 N–H and O–H groups in total. The smallest absolute Gasteiger partial charge is 0.303 e. The van der Waals surface area contributed by atoms with Gasteiger partial charge in [0.25, 0.3) is 0 Å². The lowest BCUT2D eigenvalue weighted by Crippen LogP contribution is -2.63. The van der Waals surface area contributed by atoms with E-state index >= 15 is 0 Å². The van der Waals surface area contributed by atoms with Crippen molar-refractivity contribution in [1.82, 2.24) is 0 Å². The Balaban J connectivity index is 2.17. The fraction of sp³-hybridized carbons (Fsp3) is 0.842. The van der Waals surface area contributed by atoms with Crippen LogP contribution in [0.25, 0.3) is 0 Å². The Hall–Kier alpha value is -5.09. The summed E-state index contributed by atoms with van der Waals surface area (Å²) >= 11 is 0. The van der Waals surface area contributed by atoms with E-state index < -0.39 is 134 Å². The minimum atomic E-state index is -1.54. The summed E-state index contributed by atoms with van der Waals surface area (Å²) in [7, 11) is 0. The highest BCUT2D eigenvalue weighted by Gasteiger charge is 2.55. The van der Waals surface area contributed by atoms with Gasteiger partial charge in [0.2, 0.25) is 0 Å². The summed E-state index contributed by atoms with van der Waals surface area (Å²) in [6.07, 6.45) is 2.58. The molecule has 11 atom stereocenters. The van der Waals surface area contributed by atoms with Gasteiger partial charge in [-0.25, -0.2) is 0 Å². The molecule has 0 aromatic carbocycles. The molecule has 0 amide bonds. The van der Waals surface area contributed by atoms with E-state index in [1.807, 2.05) is 0 Å². The van der Waals surface area contributed by atoms with E-state index in [0.29, 0.717) is 6.61 Å². The van der Waals surface area contributed by atoms with Crippen LogP contribution in [0.5, 0.6) is 0 Å². The van der Waals surface area contributed by atoms with Crippen LogP contribution in [-0.2, 0) is 124 Å². The van der Waals surface area contributed by atoms with Crippen LogP contribution < -0.4 is 0 Å². The maximum atomic E-state index is 12.6. The van der Waals surface area contributed by atoms with E-state index in [0.717, 1.165) is 81.1 Å². The molecule has 0 spiro atoms. The molecule has 2 aliphatic heterocycles. The summed E-state index contributed by atoms with van der Waals surface area (Å²) in [5, 5.41) is 0. The standard InChI is InChI=1S/C57H94O26/c1-11-12-13-14-15-16-17-18-19-20-21-22-23-24-25-69-34-57(36-74-40(4)60,37-75-56-54(81-46(10)66)52(79-44(8)64)50(77-42(6)62)48(83-56)33-73-39(3)59)35-70-29-28-67-26-27-68-30-31-71-55-53(80-45(9)65)51(78-43(7)63)49(76-41(5)61)47(82-55)32-72-38(2)58/h47-56H,11-37H2,1-10H3/t47-,48-,49-,50-,51+,52+,53+,54+,55+,56+,57?/m1/s1. The molecule has 26 nitrogen and oxygen atoms in total. The zero-order valence-electron chi connectivity index (χ0n) is 50.5. The molecule has 83 heavy (non-hydrogen) atoms. The number of rotatable bonds is 44. The summed E-state index contributed by atoms with van der Waals surface area (Å²) in [6, 6.07) is 0. The average Bonchev–Trinajstić information content (AvgIpc) is 3.43. The molecular weight excluding hydrogens is 1100 g/mol. The fourth-order valence-electron chi connectivity index (χ4n) is 9.05. The Morgan fingerprint density at radius 1 is 0.313 bits per heavy atom. The van der Waals surface area contributed by atoms with Crippen LogP contribution in [-0.4, -0.2) is 201 Å². The Bertz CT molecular complexity index is 1930. The van der Waals surface area contributed by atoms with E-state index in [2.05, 4.69) is 6.92 Å². The Labute approximate surface area is 488 Å². The molecule has 2 saturated heterocycles. The molecule has 478 valence electrons. The second-order valence-corrected chi connectivity index (χ2v) is 20.5. The highest BCUT2D eigenvalue weighted by molar-refractivity contribution is 5.70. The number of ether oxygens (including phenoxy) is 17. The van der Waals surface area contributed by atoms with Gasteiger partial charge >= 0.3 is 53.7 Å². The quantitative estimate of drug-likeness (QED) is 0.0425. The topological polar surface area (TPSA) is 311 Å². The first kappa shape index (κ1) is 74.0. The summed E-state index contributed by atoms with van der Waals surface area (Å²) < 4.78 is 97.0. The van der Waals surface area contributed by atoms with Crippen molar-refractivity contribution in [2.45, 2.75) is 221 Å². The first-order chi connectivity index (χ1) is 39.6. The van der Waals surface area contributed by atoms with Crippen LogP contribution in [0, 0.1) is 5.41 Å². The number of carbonyl (C=O) groups excluding carboxylic acids is 9. The SMILES string of the molecule is CCCCCCCCCCCCCCCCOCC(COCCOCCOCCO[C@H]1O[C@H](COC(C)=O)[C@@H](OC(C)=O)[C@H](OC(C)=O)[C@@H]1OC(C)=O)(COC(C)=O)CO[C@H]1O[C@H](COC(C)=O)[C@@H](OC(C)=O)[C@H](OC(C)=O)[C@@H]1OC(C)=O. The predicted molar refractivity (Wildman–Crippen MR) is 288 cm³/mol. The molecule has 0 aromatic rings. The minimum Gasteiger partial charge on any atom is -0.465 e. The minimum absolute atomic E-state index is 0.0197. The van der Waals surface area contributed by atoms with Crippen molar-refractivity contribution < 1.29 is 124 Å². The van der Waals surface area contributed by atoms with Crippen LogP contribution >= 0.6 is 0 Å². The van der Waals surface area contributed by atoms with Crippen molar-refractivity contribution in [3.8, 4) is 0 Å². The highest BCUT2D eigenvalue weighted by Crippen LogP contribution is 2.33. The normalized spacial score (nSPS) is 22.9. The van der Waals surface area contributed by atoms with Gasteiger partial charge < -0.3 is 80.5 Å². The van der Waals surface area contributed by atoms with Crippen molar-refractivity contribution in [2.24, 2.45) is 5.41 Å². The molecule has 2 fully saturated rings. The van der Waals surface area contributed by atoms with E-state index in [-0.39, 0.29) is 66.1 Å². The summed E-state index contributed by atoms with van der Waals surface area (Å²) in [5.41, 5.74) is -1.25. The molecular formula is C57H94O26. The van der Waals surface area contributed by atoms with E-state index in [1.165, 1.54) is 71.1 Å². The Morgan fingerprint density at radius 3 is 1.02 bits per heavy atom. The third-order valence-corrected chi connectivity index (χ3v) is 12.7. The number of carbonyl (C=O) groups is 9. The van der Waals surface area contributed by atoms with Gasteiger partial charge in [0.1, 0.15) is 32.0 Å². The highest BCUT2D eigenvalue weighted by atomic mass is 16.8. The summed E-state index contributed by atoms with van der Waals surface area (Å²) in [6.45, 7) is 11.2. The third kappa shape index (κ3) is 32.7. The van der Waals surface area contributed by atoms with Gasteiger partial charge in [0.15, 0.2) is 49.2 Å². The van der Waals surface area contributed by atoms with Crippen LogP contribution in [0.1, 0.15) is 159 Å². The molecule has 2 heterocycles. The number of hydrogen-bond donors (Lipinski definition) is 0. The molecule has 0 aliphatic carbocycles. The van der Waals surface area contributed by atoms with Gasteiger partial charge in [-0.15, -0.1) is 0 Å². The van der Waals surface area contributed by atoms with Crippen molar-refractivity contribution in [1.29, 1.82) is 0 Å². The molecule has 2 aliphatic rings. The maximum Gasteiger partial charge on any atom is 0.303 e. The van der Waals surface area contributed by atoms with Crippen LogP contribution in [0.15, 0.2) is 0 Å². The lowest BCUT2D eigenvalue weighted by molar-refractivity contribution is -0.315. The van der Waals surface area contributed by atoms with Gasteiger partial charge in [0.05, 0.1) is 64.9 Å². The van der Waals surface area contributed by atoms with Gasteiger partial charge in [-0.1, -0.05) is 90.4 Å². The second kappa shape index (κ2) is 42.7. The predicted octanol–water partition coefficient (Wildman–Crippen LogP) is 5.28. The molecule has 0 aromatic heterocycles. The van der Waals surface area contributed by atoms with Crippen molar-refractivity contribution in [2.75, 3.05) is 85.9 Å². The first-order valence-corrected chi connectivity index (χ1v) is 28.9. The Kier molecular flexibility index (Phi) is 38.1. The van der Waals surface area contributed by atoms with E-state index in [9.17, 15) is 43.2 Å². The molecule has 0 saturated carbocycles. The van der Waals surface area contributed by atoms with Crippen LogP contribution in [0.2, 0.25) is 0 Å². The Morgan fingerprint density at radius 2 is 0.639 bits per heavy atom. The number of hydrogen-bond acceptors (Lipinski definition) is 26. The fourth-order valence-corrected chi connectivity index (χ4v) is 9.05. The lowest BCUT2D eigenvalue weighted by Gasteiger charge is -2.45.